The van der Waals surface area contributed by atoms with Crippen LogP contribution in [0.1, 0.15) is 24.0 Å². The number of nitrogens with zero attached hydrogens (tertiary/aromatic N) is 2. The maximum Gasteiger partial charge on any atom is 0.223 e. The van der Waals surface area contributed by atoms with Crippen LogP contribution in [0.25, 0.3) is 12.2 Å². The predicted molar refractivity (Wildman–Crippen MR) is 120 cm³/mol. The number of hydrogen-bond acceptors (Lipinski definition) is 3. The average molecular weight is 472 g/mol. The third kappa shape index (κ3) is 5.44. The van der Waals surface area contributed by atoms with Gasteiger partial charge in [-0.1, -0.05) is 12.1 Å². The number of hydrogen-bond donors (Lipinski definition) is 0. The lowest BCUT2D eigenvalue weighted by molar-refractivity contribution is -0.132. The molecule has 34 heavy (non-hydrogen) atoms. The fraction of sp³-hybridized carbons (Fsp3) is 0.308. The molecule has 0 aromatic heterocycles. The molecule has 1 amide bonds. The summed E-state index contributed by atoms with van der Waals surface area (Å²) in [5.74, 6) is -4.41. The summed E-state index contributed by atoms with van der Waals surface area (Å²) in [7, 11) is 2.00. The van der Waals surface area contributed by atoms with Gasteiger partial charge in [0.1, 0.15) is 0 Å². The Morgan fingerprint density at radius 1 is 0.912 bits per heavy atom. The lowest BCUT2D eigenvalue weighted by atomic mass is 9.93. The van der Waals surface area contributed by atoms with Crippen molar-refractivity contribution in [3.63, 3.8) is 0 Å². The summed E-state index contributed by atoms with van der Waals surface area (Å²) in [5.41, 5.74) is 1.01. The summed E-state index contributed by atoms with van der Waals surface area (Å²) in [6.07, 6.45) is 4.08. The molecule has 0 saturated carbocycles. The minimum atomic E-state index is -1.05. The minimum absolute atomic E-state index is 0.0222. The van der Waals surface area contributed by atoms with E-state index >= 15 is 0 Å². The normalized spacial score (nSPS) is 21.6. The second-order valence-electron chi connectivity index (χ2n) is 8.89. The predicted octanol–water partition coefficient (Wildman–Crippen LogP) is 4.46. The lowest BCUT2D eigenvalue weighted by Crippen LogP contribution is -2.42. The van der Waals surface area contributed by atoms with E-state index < -0.39 is 23.3 Å². The molecule has 8 heteroatoms. The van der Waals surface area contributed by atoms with E-state index in [9.17, 15) is 27.2 Å². The number of likely N-dealkylation sites (tertiary alicyclic amines) is 2. The summed E-state index contributed by atoms with van der Waals surface area (Å²) >= 11 is 0. The monoisotopic (exact) mass is 472 g/mol. The van der Waals surface area contributed by atoms with Gasteiger partial charge in [-0.05, 0) is 73.5 Å². The number of carbonyl (C=O) groups excluding carboxylic acids is 2. The molecule has 2 fully saturated rings. The van der Waals surface area contributed by atoms with E-state index in [-0.39, 0.29) is 53.0 Å². The van der Waals surface area contributed by atoms with Crippen LogP contribution in [0.15, 0.2) is 47.5 Å². The first-order chi connectivity index (χ1) is 16.2. The van der Waals surface area contributed by atoms with Crippen LogP contribution in [0.5, 0.6) is 0 Å². The highest BCUT2D eigenvalue weighted by Crippen LogP contribution is 2.26. The highest BCUT2D eigenvalue weighted by Gasteiger charge is 2.31. The molecule has 0 aliphatic carbocycles. The van der Waals surface area contributed by atoms with Gasteiger partial charge in [-0.3, -0.25) is 9.59 Å². The zero-order chi connectivity index (χ0) is 24.4. The molecule has 2 aliphatic heterocycles. The molecule has 2 aromatic rings. The highest BCUT2D eigenvalue weighted by molar-refractivity contribution is 6.15. The van der Waals surface area contributed by atoms with Crippen LogP contribution >= 0.6 is 0 Å². The van der Waals surface area contributed by atoms with Crippen LogP contribution in [0, 0.1) is 29.2 Å². The van der Waals surface area contributed by atoms with Gasteiger partial charge < -0.3 is 9.80 Å². The van der Waals surface area contributed by atoms with Crippen LogP contribution < -0.4 is 0 Å². The van der Waals surface area contributed by atoms with Crippen molar-refractivity contribution in [2.75, 3.05) is 33.2 Å². The molecular formula is C26H24F4N2O2. The van der Waals surface area contributed by atoms with E-state index in [2.05, 4.69) is 4.90 Å². The molecule has 1 unspecified atom stereocenters. The zero-order valence-corrected chi connectivity index (χ0v) is 18.7. The fourth-order valence-electron chi connectivity index (χ4n) is 4.39. The molecule has 2 heterocycles. The van der Waals surface area contributed by atoms with Crippen LogP contribution in [-0.2, 0) is 9.59 Å². The lowest BCUT2D eigenvalue weighted by Gasteiger charge is -2.31. The quantitative estimate of drug-likeness (QED) is 0.487. The van der Waals surface area contributed by atoms with E-state index in [0.717, 1.165) is 43.8 Å². The Balaban J connectivity index is 1.65. The summed E-state index contributed by atoms with van der Waals surface area (Å²) in [6.45, 7) is 1.77. The summed E-state index contributed by atoms with van der Waals surface area (Å²) in [6, 6.07) is 6.56. The summed E-state index contributed by atoms with van der Waals surface area (Å²) in [5, 5.41) is 0. The molecule has 4 nitrogen and oxygen atoms in total. The Hall–Kier alpha value is -3.26. The Morgan fingerprint density at radius 2 is 1.44 bits per heavy atom. The number of ketones is 1. The average Bonchev–Trinajstić information content (AvgIpc) is 3.20. The molecule has 2 aliphatic rings. The van der Waals surface area contributed by atoms with Crippen LogP contribution in [0.3, 0.4) is 0 Å². The molecule has 1 atom stereocenters. The number of carbonyl (C=O) groups is 2. The first-order valence-electron chi connectivity index (χ1n) is 11.0. The third-order valence-corrected chi connectivity index (χ3v) is 6.18. The van der Waals surface area contributed by atoms with Gasteiger partial charge in [-0.15, -0.1) is 0 Å². The topological polar surface area (TPSA) is 40.6 Å². The smallest absolute Gasteiger partial charge is 0.223 e. The van der Waals surface area contributed by atoms with Gasteiger partial charge in [-0.2, -0.15) is 0 Å². The molecule has 0 radical (unpaired) electrons. The minimum Gasteiger partial charge on any atom is -0.334 e. The highest BCUT2D eigenvalue weighted by atomic mass is 19.2. The first-order valence-corrected chi connectivity index (χ1v) is 11.0. The Morgan fingerprint density at radius 3 is 1.88 bits per heavy atom. The number of piperidine rings is 1. The van der Waals surface area contributed by atoms with Gasteiger partial charge in [-0.25, -0.2) is 17.6 Å². The van der Waals surface area contributed by atoms with Crippen molar-refractivity contribution < 1.29 is 27.2 Å². The molecule has 2 aromatic carbocycles. The van der Waals surface area contributed by atoms with Gasteiger partial charge in [0.25, 0.3) is 0 Å². The van der Waals surface area contributed by atoms with Gasteiger partial charge in [0.05, 0.1) is 0 Å². The maximum atomic E-state index is 13.7. The number of Topliss-reactive ketones (excluding diaryl/α,β-unsaturated/α-hetero) is 1. The largest absolute Gasteiger partial charge is 0.334 e. The number of halogens is 4. The Bertz CT molecular complexity index is 1120. The second-order valence-corrected chi connectivity index (χ2v) is 8.89. The molecule has 0 spiro atoms. The molecule has 178 valence electrons. The molecule has 4 rings (SSSR count). The molecule has 0 N–H and O–H groups in total. The van der Waals surface area contributed by atoms with E-state index in [4.69, 9.17) is 0 Å². The Kier molecular flexibility index (Phi) is 6.97. The maximum absolute atomic E-state index is 13.7. The number of rotatable bonds is 4. The van der Waals surface area contributed by atoms with Crippen LogP contribution in [0.2, 0.25) is 0 Å². The van der Waals surface area contributed by atoms with Gasteiger partial charge >= 0.3 is 0 Å². The Labute approximate surface area is 195 Å². The van der Waals surface area contributed by atoms with Crippen molar-refractivity contribution in [3.8, 4) is 0 Å². The zero-order valence-electron chi connectivity index (χ0n) is 18.7. The van der Waals surface area contributed by atoms with E-state index in [0.29, 0.717) is 6.42 Å². The van der Waals surface area contributed by atoms with Crippen molar-refractivity contribution in [1.29, 1.82) is 0 Å². The number of benzene rings is 2. The molecule has 0 bridgehead atoms. The van der Waals surface area contributed by atoms with Crippen molar-refractivity contribution in [3.05, 3.63) is 81.9 Å². The summed E-state index contributed by atoms with van der Waals surface area (Å²) < 4.78 is 54.0. The van der Waals surface area contributed by atoms with Gasteiger partial charge in [0.2, 0.25) is 5.91 Å². The SMILES string of the molecule is CN1CCC(CC(=O)N2C/C(=C\c3ccc(F)c(F)c3)C(=O)/C(=C/c3ccc(F)c(F)c3)C2)C1. The van der Waals surface area contributed by atoms with Crippen molar-refractivity contribution >= 4 is 23.8 Å². The number of amides is 1. The fourth-order valence-corrected chi connectivity index (χ4v) is 4.39. The van der Waals surface area contributed by atoms with Crippen molar-refractivity contribution in [2.45, 2.75) is 12.8 Å². The van der Waals surface area contributed by atoms with E-state index in [1.54, 1.807) is 0 Å². The standard InChI is InChI=1S/C26H24F4N2O2/c1-31-7-6-18(13-31)12-25(33)32-14-19(8-16-2-4-21(27)23(29)10-16)26(34)20(15-32)9-17-3-5-22(28)24(30)11-17/h2-5,8-11,18H,6-7,12-15H2,1H3/b19-8+,20-9+. The van der Waals surface area contributed by atoms with E-state index in [1.807, 2.05) is 7.05 Å². The van der Waals surface area contributed by atoms with Gasteiger partial charge in [0, 0.05) is 37.2 Å². The van der Waals surface area contributed by atoms with Gasteiger partial charge in [0.15, 0.2) is 29.1 Å². The molecular weight excluding hydrogens is 448 g/mol. The van der Waals surface area contributed by atoms with Crippen LogP contribution in [-0.4, -0.2) is 54.7 Å². The van der Waals surface area contributed by atoms with Crippen LogP contribution in [0.4, 0.5) is 17.6 Å². The second kappa shape index (κ2) is 9.93. The summed E-state index contributed by atoms with van der Waals surface area (Å²) in [4.78, 5) is 30.0. The van der Waals surface area contributed by atoms with Crippen molar-refractivity contribution in [2.24, 2.45) is 5.92 Å². The third-order valence-electron chi connectivity index (χ3n) is 6.18. The first kappa shape index (κ1) is 23.9. The molecule has 2 saturated heterocycles. The van der Waals surface area contributed by atoms with E-state index in [1.165, 1.54) is 29.2 Å². The van der Waals surface area contributed by atoms with Crippen molar-refractivity contribution in [1.82, 2.24) is 9.80 Å².